The van der Waals surface area contributed by atoms with Gasteiger partial charge in [-0.3, -0.25) is 4.72 Å². The van der Waals surface area contributed by atoms with E-state index in [0.717, 1.165) is 5.56 Å². The van der Waals surface area contributed by atoms with E-state index in [9.17, 15) is 8.42 Å². The van der Waals surface area contributed by atoms with Gasteiger partial charge >= 0.3 is 0 Å². The van der Waals surface area contributed by atoms with Crippen molar-refractivity contribution in [2.45, 2.75) is 11.3 Å². The molecule has 0 aromatic heterocycles. The van der Waals surface area contributed by atoms with Crippen LogP contribution in [0.1, 0.15) is 5.56 Å². The Morgan fingerprint density at radius 3 is 2.24 bits per heavy atom. The van der Waals surface area contributed by atoms with Gasteiger partial charge in [-0.2, -0.15) is 0 Å². The first-order chi connectivity index (χ1) is 9.92. The predicted octanol–water partition coefficient (Wildman–Crippen LogP) is 3.33. The second-order valence-corrected chi connectivity index (χ2v) is 6.85. The van der Waals surface area contributed by atoms with E-state index in [1.54, 1.807) is 24.3 Å². The lowest BCUT2D eigenvalue weighted by Gasteiger charge is -2.09. The van der Waals surface area contributed by atoms with E-state index in [1.807, 2.05) is 0 Å². The van der Waals surface area contributed by atoms with E-state index in [0.29, 0.717) is 17.1 Å². The number of aliphatic hydroxyl groups is 1. The maximum Gasteiger partial charge on any atom is 0.261 e. The maximum atomic E-state index is 12.2. The van der Waals surface area contributed by atoms with Gasteiger partial charge in [0.15, 0.2) is 0 Å². The molecular weight excluding hydrogens is 333 g/mol. The first-order valence-electron chi connectivity index (χ1n) is 6.10. The quantitative estimate of drug-likeness (QED) is 0.873. The van der Waals surface area contributed by atoms with Crippen molar-refractivity contribution >= 4 is 38.9 Å². The molecule has 0 aliphatic heterocycles. The molecule has 0 radical (unpaired) electrons. The summed E-state index contributed by atoms with van der Waals surface area (Å²) in [5.41, 5.74) is 1.36. The molecule has 7 heteroatoms. The molecule has 21 heavy (non-hydrogen) atoms. The monoisotopic (exact) mass is 345 g/mol. The molecule has 0 saturated heterocycles. The fourth-order valence-electron chi connectivity index (χ4n) is 1.73. The number of benzene rings is 2. The van der Waals surface area contributed by atoms with E-state index in [2.05, 4.69) is 4.72 Å². The van der Waals surface area contributed by atoms with Crippen molar-refractivity contribution < 1.29 is 13.5 Å². The van der Waals surface area contributed by atoms with Crippen molar-refractivity contribution in [2.75, 3.05) is 11.3 Å². The molecule has 4 nitrogen and oxygen atoms in total. The van der Waals surface area contributed by atoms with Gasteiger partial charge in [0.2, 0.25) is 0 Å². The van der Waals surface area contributed by atoms with Crippen LogP contribution in [-0.4, -0.2) is 20.1 Å². The summed E-state index contributed by atoms with van der Waals surface area (Å²) in [6.45, 7) is 0.0499. The smallest absolute Gasteiger partial charge is 0.261 e. The molecule has 0 fully saturated rings. The summed E-state index contributed by atoms with van der Waals surface area (Å²) >= 11 is 11.6. The zero-order valence-corrected chi connectivity index (χ0v) is 13.2. The van der Waals surface area contributed by atoms with Crippen LogP contribution >= 0.6 is 23.2 Å². The summed E-state index contributed by atoms with van der Waals surface area (Å²) in [4.78, 5) is 0.0383. The van der Waals surface area contributed by atoms with Crippen LogP contribution in [0.5, 0.6) is 0 Å². The average Bonchev–Trinajstić information content (AvgIpc) is 2.44. The number of anilines is 1. The second kappa shape index (κ2) is 6.66. The van der Waals surface area contributed by atoms with Gasteiger partial charge in [0.05, 0.1) is 14.9 Å². The molecule has 2 N–H and O–H groups in total. The minimum absolute atomic E-state index is 0.0383. The van der Waals surface area contributed by atoms with Crippen LogP contribution in [0.3, 0.4) is 0 Å². The lowest BCUT2D eigenvalue weighted by atomic mass is 10.1. The van der Waals surface area contributed by atoms with E-state index < -0.39 is 10.0 Å². The zero-order chi connectivity index (χ0) is 15.5. The molecule has 0 bridgehead atoms. The second-order valence-electron chi connectivity index (χ2n) is 4.35. The zero-order valence-electron chi connectivity index (χ0n) is 10.9. The number of halogens is 2. The van der Waals surface area contributed by atoms with E-state index in [1.165, 1.54) is 18.2 Å². The van der Waals surface area contributed by atoms with Crippen molar-refractivity contribution in [1.29, 1.82) is 0 Å². The summed E-state index contributed by atoms with van der Waals surface area (Å²) in [7, 11) is -3.72. The molecule has 0 heterocycles. The van der Waals surface area contributed by atoms with Gasteiger partial charge < -0.3 is 5.11 Å². The van der Waals surface area contributed by atoms with Crippen molar-refractivity contribution in [3.63, 3.8) is 0 Å². The van der Waals surface area contributed by atoms with Crippen LogP contribution in [0.2, 0.25) is 10.0 Å². The number of nitrogens with one attached hydrogen (secondary N) is 1. The number of aliphatic hydroxyl groups excluding tert-OH is 1. The molecular formula is C14H13Cl2NO3S. The highest BCUT2D eigenvalue weighted by molar-refractivity contribution is 7.92. The Morgan fingerprint density at radius 1 is 1.00 bits per heavy atom. The first kappa shape index (κ1) is 16.1. The van der Waals surface area contributed by atoms with Gasteiger partial charge in [0, 0.05) is 12.3 Å². The molecule has 0 unspecified atom stereocenters. The highest BCUT2D eigenvalue weighted by atomic mass is 35.5. The van der Waals surface area contributed by atoms with Crippen LogP contribution in [0.15, 0.2) is 47.4 Å². The molecule has 0 aliphatic rings. The summed E-state index contributed by atoms with van der Waals surface area (Å²) in [6, 6.07) is 10.9. The third-order valence-corrected chi connectivity index (χ3v) is 4.93. The highest BCUT2D eigenvalue weighted by Crippen LogP contribution is 2.26. The van der Waals surface area contributed by atoms with Gasteiger partial charge in [-0.25, -0.2) is 8.42 Å². The minimum atomic E-state index is -3.72. The third-order valence-electron chi connectivity index (χ3n) is 2.81. The fraction of sp³-hybridized carbons (Fsp3) is 0.143. The standard InChI is InChI=1S/C14H13Cl2NO3S/c15-13-6-5-12(9-14(13)16)21(19,20)17-11-3-1-10(2-4-11)7-8-18/h1-6,9,17-18H,7-8H2. The molecule has 0 spiro atoms. The van der Waals surface area contributed by atoms with Crippen LogP contribution < -0.4 is 4.72 Å². The summed E-state index contributed by atoms with van der Waals surface area (Å²) in [6.07, 6.45) is 0.528. The van der Waals surface area contributed by atoms with E-state index in [4.69, 9.17) is 28.3 Å². The van der Waals surface area contributed by atoms with Crippen LogP contribution in [0.25, 0.3) is 0 Å². The minimum Gasteiger partial charge on any atom is -0.396 e. The largest absolute Gasteiger partial charge is 0.396 e. The first-order valence-corrected chi connectivity index (χ1v) is 8.34. The topological polar surface area (TPSA) is 66.4 Å². The average molecular weight is 346 g/mol. The number of hydrogen-bond donors (Lipinski definition) is 2. The number of hydrogen-bond acceptors (Lipinski definition) is 3. The highest BCUT2D eigenvalue weighted by Gasteiger charge is 2.15. The Kier molecular flexibility index (Phi) is 5.11. The molecule has 2 aromatic rings. The Balaban J connectivity index is 2.22. The summed E-state index contributed by atoms with van der Waals surface area (Å²) in [5, 5.41) is 9.31. The fourth-order valence-corrected chi connectivity index (χ4v) is 3.17. The van der Waals surface area contributed by atoms with Crippen LogP contribution in [0, 0.1) is 0 Å². The maximum absolute atomic E-state index is 12.2. The molecule has 0 atom stereocenters. The summed E-state index contributed by atoms with van der Waals surface area (Å²) in [5.74, 6) is 0. The Labute approximate surface area is 133 Å². The predicted molar refractivity (Wildman–Crippen MR) is 84.5 cm³/mol. The number of sulfonamides is 1. The van der Waals surface area contributed by atoms with Crippen LogP contribution in [0.4, 0.5) is 5.69 Å². The molecule has 2 rings (SSSR count). The SMILES string of the molecule is O=S(=O)(Nc1ccc(CCO)cc1)c1ccc(Cl)c(Cl)c1. The normalized spacial score (nSPS) is 11.4. The van der Waals surface area contributed by atoms with Gasteiger partial charge in [-0.15, -0.1) is 0 Å². The van der Waals surface area contributed by atoms with Gasteiger partial charge in [-0.1, -0.05) is 35.3 Å². The summed E-state index contributed by atoms with van der Waals surface area (Å²) < 4.78 is 26.9. The van der Waals surface area contributed by atoms with Gasteiger partial charge in [0.25, 0.3) is 10.0 Å². The third kappa shape index (κ3) is 4.11. The van der Waals surface area contributed by atoms with E-state index >= 15 is 0 Å². The molecule has 0 saturated carbocycles. The molecule has 0 amide bonds. The Bertz CT molecular complexity index is 730. The van der Waals surface area contributed by atoms with Gasteiger partial charge in [0.1, 0.15) is 0 Å². The van der Waals surface area contributed by atoms with E-state index in [-0.39, 0.29) is 16.5 Å². The van der Waals surface area contributed by atoms with Crippen molar-refractivity contribution in [3.8, 4) is 0 Å². The van der Waals surface area contributed by atoms with Crippen LogP contribution in [-0.2, 0) is 16.4 Å². The van der Waals surface area contributed by atoms with Crippen molar-refractivity contribution in [3.05, 3.63) is 58.1 Å². The number of rotatable bonds is 5. The van der Waals surface area contributed by atoms with Crippen molar-refractivity contribution in [1.82, 2.24) is 0 Å². The van der Waals surface area contributed by atoms with Crippen molar-refractivity contribution in [2.24, 2.45) is 0 Å². The molecule has 112 valence electrons. The lowest BCUT2D eigenvalue weighted by Crippen LogP contribution is -2.12. The Hall–Kier alpha value is -1.27. The molecule has 0 aliphatic carbocycles. The molecule has 2 aromatic carbocycles. The lowest BCUT2D eigenvalue weighted by molar-refractivity contribution is 0.299. The van der Waals surface area contributed by atoms with Gasteiger partial charge in [-0.05, 0) is 42.3 Å². The Morgan fingerprint density at radius 2 is 1.67 bits per heavy atom.